The standard InChI is InChI=1S/C18H22FN3O/c1-12-4-9-16(10-13(12)2)22-17(20)21-11-18(3,23)14-5-7-15(19)8-6-14/h4-10,23H,11H2,1-3H3,(H3,20,21,22). The fourth-order valence-electron chi connectivity index (χ4n) is 2.15. The van der Waals surface area contributed by atoms with Crippen molar-refractivity contribution in [3.8, 4) is 0 Å². The van der Waals surface area contributed by atoms with Gasteiger partial charge in [0.25, 0.3) is 0 Å². The number of guanidine groups is 1. The van der Waals surface area contributed by atoms with E-state index in [-0.39, 0.29) is 18.3 Å². The second kappa shape index (κ2) is 6.79. The number of halogens is 1. The first-order chi connectivity index (χ1) is 10.8. The third kappa shape index (κ3) is 4.53. The number of benzene rings is 2. The van der Waals surface area contributed by atoms with Crippen LogP contribution in [0, 0.1) is 19.7 Å². The van der Waals surface area contributed by atoms with E-state index in [1.165, 1.54) is 29.8 Å². The van der Waals surface area contributed by atoms with Crippen molar-refractivity contribution in [2.24, 2.45) is 10.7 Å². The van der Waals surface area contributed by atoms with E-state index >= 15 is 0 Å². The Kier molecular flexibility index (Phi) is 5.01. The molecule has 2 aromatic rings. The molecule has 0 aliphatic carbocycles. The third-order valence-corrected chi connectivity index (χ3v) is 3.80. The molecule has 0 spiro atoms. The van der Waals surface area contributed by atoms with Crippen LogP contribution in [-0.2, 0) is 5.60 Å². The summed E-state index contributed by atoms with van der Waals surface area (Å²) in [5.74, 6) is -0.125. The van der Waals surface area contributed by atoms with Crippen LogP contribution in [0.25, 0.3) is 0 Å². The Morgan fingerprint density at radius 3 is 2.43 bits per heavy atom. The second-order valence-corrected chi connectivity index (χ2v) is 5.91. The fraction of sp³-hybridized carbons (Fsp3) is 0.278. The van der Waals surface area contributed by atoms with Crippen LogP contribution < -0.4 is 11.1 Å². The Hall–Kier alpha value is -2.40. The number of anilines is 1. The summed E-state index contributed by atoms with van der Waals surface area (Å²) in [5.41, 5.74) is 8.43. The number of nitrogens with two attached hydrogens (primary N) is 1. The topological polar surface area (TPSA) is 70.6 Å². The summed E-state index contributed by atoms with van der Waals surface area (Å²) < 4.78 is 13.0. The number of nitrogens with zero attached hydrogens (tertiary/aromatic N) is 1. The van der Waals surface area contributed by atoms with Crippen LogP contribution in [0.1, 0.15) is 23.6 Å². The van der Waals surface area contributed by atoms with E-state index in [2.05, 4.69) is 10.3 Å². The summed E-state index contributed by atoms with van der Waals surface area (Å²) >= 11 is 0. The number of rotatable bonds is 4. The fourth-order valence-corrected chi connectivity index (χ4v) is 2.15. The highest BCUT2D eigenvalue weighted by Crippen LogP contribution is 2.21. The van der Waals surface area contributed by atoms with E-state index in [4.69, 9.17) is 5.73 Å². The van der Waals surface area contributed by atoms with Crippen molar-refractivity contribution in [3.05, 3.63) is 65.0 Å². The van der Waals surface area contributed by atoms with Crippen LogP contribution in [0.5, 0.6) is 0 Å². The van der Waals surface area contributed by atoms with Gasteiger partial charge in [0.05, 0.1) is 6.54 Å². The average molecular weight is 315 g/mol. The van der Waals surface area contributed by atoms with Crippen molar-refractivity contribution < 1.29 is 9.50 Å². The summed E-state index contributed by atoms with van der Waals surface area (Å²) in [7, 11) is 0. The van der Waals surface area contributed by atoms with Crippen molar-refractivity contribution in [1.82, 2.24) is 0 Å². The van der Waals surface area contributed by atoms with E-state index in [0.717, 1.165) is 11.3 Å². The number of nitrogens with one attached hydrogen (secondary N) is 1. The molecule has 4 N–H and O–H groups in total. The van der Waals surface area contributed by atoms with Gasteiger partial charge >= 0.3 is 0 Å². The molecular formula is C18H22FN3O. The van der Waals surface area contributed by atoms with Gasteiger partial charge in [-0.2, -0.15) is 0 Å². The molecule has 0 radical (unpaired) electrons. The van der Waals surface area contributed by atoms with Crippen molar-refractivity contribution in [1.29, 1.82) is 0 Å². The Bertz CT molecular complexity index is 709. The molecule has 122 valence electrons. The number of aliphatic imine (C=N–C) groups is 1. The van der Waals surface area contributed by atoms with E-state index in [1.54, 1.807) is 6.92 Å². The minimum absolute atomic E-state index is 0.0717. The molecule has 0 heterocycles. The molecule has 1 unspecified atom stereocenters. The third-order valence-electron chi connectivity index (χ3n) is 3.80. The monoisotopic (exact) mass is 315 g/mol. The van der Waals surface area contributed by atoms with Crippen LogP contribution in [0.15, 0.2) is 47.5 Å². The highest BCUT2D eigenvalue weighted by atomic mass is 19.1. The summed E-state index contributed by atoms with van der Waals surface area (Å²) in [5, 5.41) is 13.5. The van der Waals surface area contributed by atoms with Crippen LogP contribution >= 0.6 is 0 Å². The minimum atomic E-state index is -1.22. The van der Waals surface area contributed by atoms with Crippen molar-refractivity contribution >= 4 is 11.6 Å². The molecule has 2 rings (SSSR count). The lowest BCUT2D eigenvalue weighted by atomic mass is 9.96. The molecule has 0 saturated carbocycles. The highest BCUT2D eigenvalue weighted by Gasteiger charge is 2.22. The molecule has 0 amide bonds. The highest BCUT2D eigenvalue weighted by molar-refractivity contribution is 5.92. The van der Waals surface area contributed by atoms with Gasteiger partial charge in [-0.3, -0.25) is 0 Å². The molecule has 0 bridgehead atoms. The molecule has 0 fully saturated rings. The van der Waals surface area contributed by atoms with Gasteiger partial charge in [0.1, 0.15) is 11.4 Å². The SMILES string of the molecule is Cc1ccc(NC(N)=NCC(C)(O)c2ccc(F)cc2)cc1C. The zero-order valence-electron chi connectivity index (χ0n) is 13.6. The van der Waals surface area contributed by atoms with Crippen LogP contribution in [-0.4, -0.2) is 17.6 Å². The molecule has 0 aliphatic rings. The Balaban J connectivity index is 2.05. The zero-order valence-corrected chi connectivity index (χ0v) is 13.6. The first kappa shape index (κ1) is 17.0. The lowest BCUT2D eigenvalue weighted by Crippen LogP contribution is -2.29. The smallest absolute Gasteiger partial charge is 0.193 e. The second-order valence-electron chi connectivity index (χ2n) is 5.91. The molecule has 5 heteroatoms. The molecule has 4 nitrogen and oxygen atoms in total. The largest absolute Gasteiger partial charge is 0.384 e. The molecular weight excluding hydrogens is 293 g/mol. The molecule has 23 heavy (non-hydrogen) atoms. The van der Waals surface area contributed by atoms with Gasteiger partial charge in [-0.25, -0.2) is 9.38 Å². The lowest BCUT2D eigenvalue weighted by Gasteiger charge is -2.22. The van der Waals surface area contributed by atoms with Crippen LogP contribution in [0.3, 0.4) is 0 Å². The maximum atomic E-state index is 13.0. The van der Waals surface area contributed by atoms with E-state index in [1.807, 2.05) is 32.0 Å². The lowest BCUT2D eigenvalue weighted by molar-refractivity contribution is 0.0673. The van der Waals surface area contributed by atoms with Gasteiger partial charge in [0.15, 0.2) is 5.96 Å². The van der Waals surface area contributed by atoms with E-state index < -0.39 is 5.60 Å². The quantitative estimate of drug-likeness (QED) is 0.600. The zero-order chi connectivity index (χ0) is 17.0. The summed E-state index contributed by atoms with van der Waals surface area (Å²) in [4.78, 5) is 4.18. The van der Waals surface area contributed by atoms with Gasteiger partial charge in [0, 0.05) is 5.69 Å². The summed E-state index contributed by atoms with van der Waals surface area (Å²) in [6.45, 7) is 5.75. The number of hydrogen-bond donors (Lipinski definition) is 3. The van der Waals surface area contributed by atoms with Gasteiger partial charge in [0.2, 0.25) is 0 Å². The van der Waals surface area contributed by atoms with Crippen molar-refractivity contribution in [2.75, 3.05) is 11.9 Å². The maximum Gasteiger partial charge on any atom is 0.193 e. The molecule has 1 atom stereocenters. The van der Waals surface area contributed by atoms with E-state index in [9.17, 15) is 9.50 Å². The summed E-state index contributed by atoms with van der Waals surface area (Å²) in [6.07, 6.45) is 0. The number of aryl methyl sites for hydroxylation is 2. The van der Waals surface area contributed by atoms with Gasteiger partial charge in [-0.05, 0) is 61.7 Å². The van der Waals surface area contributed by atoms with Crippen molar-refractivity contribution in [2.45, 2.75) is 26.4 Å². The minimum Gasteiger partial charge on any atom is -0.384 e. The Labute approximate surface area is 135 Å². The van der Waals surface area contributed by atoms with E-state index in [0.29, 0.717) is 5.56 Å². The summed E-state index contributed by atoms with van der Waals surface area (Å²) in [6, 6.07) is 11.6. The van der Waals surface area contributed by atoms with Crippen LogP contribution in [0.2, 0.25) is 0 Å². The predicted molar refractivity (Wildman–Crippen MR) is 92.0 cm³/mol. The van der Waals surface area contributed by atoms with Gasteiger partial charge in [-0.1, -0.05) is 18.2 Å². The van der Waals surface area contributed by atoms with Gasteiger partial charge in [-0.15, -0.1) is 0 Å². The van der Waals surface area contributed by atoms with Gasteiger partial charge < -0.3 is 16.2 Å². The Morgan fingerprint density at radius 1 is 1.17 bits per heavy atom. The maximum absolute atomic E-state index is 13.0. The molecule has 0 saturated heterocycles. The number of aliphatic hydroxyl groups is 1. The molecule has 2 aromatic carbocycles. The predicted octanol–water partition coefficient (Wildman–Crippen LogP) is 3.08. The van der Waals surface area contributed by atoms with Crippen LogP contribution in [0.4, 0.5) is 10.1 Å². The number of hydrogen-bond acceptors (Lipinski definition) is 2. The first-order valence-corrected chi connectivity index (χ1v) is 7.40. The van der Waals surface area contributed by atoms with Crippen molar-refractivity contribution in [3.63, 3.8) is 0 Å². The molecule has 0 aliphatic heterocycles. The first-order valence-electron chi connectivity index (χ1n) is 7.40. The molecule has 0 aromatic heterocycles. The normalized spacial score (nSPS) is 14.4. The average Bonchev–Trinajstić information content (AvgIpc) is 2.50. The Morgan fingerprint density at radius 2 is 1.83 bits per heavy atom.